The van der Waals surface area contributed by atoms with Gasteiger partial charge in [0.05, 0.1) is 0 Å². The average molecular weight is 1380 g/mol. The lowest BCUT2D eigenvalue weighted by Gasteiger charge is -2.47. The van der Waals surface area contributed by atoms with E-state index in [1.54, 1.807) is 5.56 Å². The lowest BCUT2D eigenvalue weighted by atomic mass is 9.54. The molecule has 0 saturated carbocycles. The second-order valence-corrected chi connectivity index (χ2v) is 37.2. The van der Waals surface area contributed by atoms with E-state index in [9.17, 15) is 0 Å². The Morgan fingerprint density at radius 2 is 0.446 bits per heavy atom. The molecular weight excluding hydrogens is 1360 g/mol. The van der Waals surface area contributed by atoms with Crippen LogP contribution in [0.25, 0.3) is 405 Å². The molecule has 37 aromatic rings. The molecule has 0 spiro atoms. The Labute approximate surface area is 616 Å². The Morgan fingerprint density at radius 1 is 0.170 bits per heavy atom. The smallest absolute Gasteiger partial charge is 0.194 e. The van der Waals surface area contributed by atoms with Crippen LogP contribution in [0.2, 0.25) is 0 Å². The Balaban J connectivity index is 0.934. The molecule has 2 atom stereocenters. The fraction of sp³-hybridized carbons (Fsp3) is 0.0183. The van der Waals surface area contributed by atoms with Gasteiger partial charge in [-0.25, -0.2) is 0 Å². The summed E-state index contributed by atoms with van der Waals surface area (Å²) in [5.74, 6) is -0.150. The maximum absolute atomic E-state index is 16.6. The molecule has 0 radical (unpaired) electrons. The molecule has 480 valence electrons. The van der Waals surface area contributed by atoms with Crippen LogP contribution in [0.15, 0.2) is 154 Å². The second-order valence-electron chi connectivity index (χ2n) is 37.2. The molecule has 0 fully saturated rings. The second kappa shape index (κ2) is 12.5. The summed E-state index contributed by atoms with van der Waals surface area (Å²) >= 11 is 0. The van der Waals surface area contributed by atoms with E-state index < -0.39 is 0 Å². The lowest BCUT2D eigenvalue weighted by Crippen LogP contribution is -2.27. The molecule has 0 bridgehead atoms. The first-order chi connectivity index (χ1) is 55.4. The van der Waals surface area contributed by atoms with E-state index >= 15 is 14.4 Å². The highest BCUT2D eigenvalue weighted by molar-refractivity contribution is 6.74. The summed E-state index contributed by atoms with van der Waals surface area (Å²) < 4.78 is 0. The SMILES string of the molecule is C=C1c2cc3c4cc5c(=O)c6cccc7c8cc9cc%10ccc%11c%12ccc%13c(=O)c%14cc%15c%16cc%17c(=O)c%18cccc%19c%20cc%21cc%22ccc%23c%24ccc1c1c%24c%24c%25c%26c%27c%28c%29c%30c%31c(c3c(c2-1)C%24C%31%27)c1c4c(c5c67)c8c2c9c3c%10c%11c4c5c%12c%13c%14c6c%15c7c8c%16c(c%17c%18%19)c%20c9c%21c(c%22c%23%25)c%26c(c%28c7c(c%29c4c3c%30c12)c65)c98. The molecule has 0 aliphatic heterocycles. The summed E-state index contributed by atoms with van der Waals surface area (Å²) in [7, 11) is 0. The molecule has 3 heteroatoms. The van der Waals surface area contributed by atoms with Crippen molar-refractivity contribution in [2.45, 2.75) is 11.8 Å². The molecule has 42 rings (SSSR count). The van der Waals surface area contributed by atoms with E-state index in [0.29, 0.717) is 0 Å². The summed E-state index contributed by atoms with van der Waals surface area (Å²) in [5, 5.41) is 91.4. The third-order valence-electron chi connectivity index (χ3n) is 34.8. The molecule has 0 saturated heterocycles. The van der Waals surface area contributed by atoms with E-state index in [-0.39, 0.29) is 28.1 Å². The molecule has 0 N–H and O–H groups in total. The normalized spacial score (nSPS) is 17.2. The number of rotatable bonds is 0. The van der Waals surface area contributed by atoms with E-state index in [4.69, 9.17) is 6.58 Å². The van der Waals surface area contributed by atoms with E-state index in [1.165, 1.54) is 346 Å². The standard InChI is InChI=1S/C109H26O3/c1-24-29-12-13-34-32-10-8-25-16-27-19-41-31-5-3-7-37-54(31)69-47(108(37)111)22-44-45-23-48-70-60-38(109(48)112)15-14-35-33-11-9-26-17-28-18-40-30-4-2-6-36-53(30)68-46(107(36)110)21-43-42-20-39(24)61-55(29)58(34)81-79-56(32)49(25)71-51(27)74-63(41)76(69)65(44)84-86-67(45)78(70)92-82(59(35)60)80-57(33)50(26)72-52(28)73-62(40)75(68)64(43)83-85-66(42)77(61)91(81)99-95(85)103-98(89(73)83)88(72)94(80)102-100(92)96(86)104-97(90(74)84)87(71)93(79)101(99)105(104)106(102)103/h2-23,91,99H,1H2. The van der Waals surface area contributed by atoms with Crippen LogP contribution >= 0.6 is 0 Å². The van der Waals surface area contributed by atoms with Gasteiger partial charge in [0.15, 0.2) is 16.3 Å². The van der Waals surface area contributed by atoms with Gasteiger partial charge < -0.3 is 0 Å². The van der Waals surface area contributed by atoms with Crippen LogP contribution in [0, 0.1) is 0 Å². The van der Waals surface area contributed by atoms with Gasteiger partial charge >= 0.3 is 0 Å². The molecule has 0 heterocycles. The highest BCUT2D eigenvalue weighted by atomic mass is 16.1. The van der Waals surface area contributed by atoms with Gasteiger partial charge in [0.25, 0.3) is 0 Å². The van der Waals surface area contributed by atoms with Gasteiger partial charge in [-0.15, -0.1) is 0 Å². The predicted octanol–water partition coefficient (Wildman–Crippen LogP) is 28.0. The zero-order chi connectivity index (χ0) is 69.2. The monoisotopic (exact) mass is 1380 g/mol. The minimum Gasteiger partial charge on any atom is -0.289 e. The van der Waals surface area contributed by atoms with Crippen LogP contribution in [0.1, 0.15) is 45.2 Å². The zero-order valence-electron chi connectivity index (χ0n) is 57.8. The minimum absolute atomic E-state index is 0.0635. The number of benzene rings is 34. The molecule has 0 aromatic heterocycles. The summed E-state index contributed by atoms with van der Waals surface area (Å²) in [6.45, 7) is 5.26. The predicted molar refractivity (Wildman–Crippen MR) is 475 cm³/mol. The number of hydrogen-bond acceptors (Lipinski definition) is 3. The average Bonchev–Trinajstić information content (AvgIpc) is 0.836. The highest BCUT2D eigenvalue weighted by Gasteiger charge is 2.54. The van der Waals surface area contributed by atoms with E-state index in [2.05, 4.69) is 133 Å². The molecule has 2 unspecified atom stereocenters. The summed E-state index contributed by atoms with van der Waals surface area (Å²) in [4.78, 5) is 48.7. The van der Waals surface area contributed by atoms with Gasteiger partial charge in [0, 0.05) is 98.0 Å². The van der Waals surface area contributed by atoms with Crippen molar-refractivity contribution in [1.82, 2.24) is 0 Å². The van der Waals surface area contributed by atoms with Crippen molar-refractivity contribution in [1.29, 1.82) is 0 Å². The van der Waals surface area contributed by atoms with Crippen molar-refractivity contribution in [3.63, 3.8) is 0 Å². The summed E-state index contributed by atoms with van der Waals surface area (Å²) in [6.07, 6.45) is 0. The Morgan fingerprint density at radius 3 is 0.982 bits per heavy atom. The number of hydrogen-bond donors (Lipinski definition) is 0. The number of fused-ring (bicyclic) bond motifs is 6. The van der Waals surface area contributed by atoms with Gasteiger partial charge in [0.2, 0.25) is 0 Å². The third kappa shape index (κ3) is 3.39. The van der Waals surface area contributed by atoms with Crippen molar-refractivity contribution in [2.75, 3.05) is 0 Å². The minimum atomic E-state index is -0.0869. The van der Waals surface area contributed by atoms with Crippen molar-refractivity contribution < 1.29 is 0 Å². The van der Waals surface area contributed by atoms with Crippen LogP contribution in [0.4, 0.5) is 0 Å². The lowest BCUT2D eigenvalue weighted by molar-refractivity contribution is 0.713. The molecule has 0 amide bonds. The molecule has 37 aromatic carbocycles. The molecule has 5 aliphatic carbocycles. The van der Waals surface area contributed by atoms with Crippen LogP contribution < -0.4 is 16.3 Å². The molecule has 5 aliphatic rings. The van der Waals surface area contributed by atoms with Gasteiger partial charge in [0.1, 0.15) is 0 Å². The van der Waals surface area contributed by atoms with Crippen molar-refractivity contribution in [2.24, 2.45) is 0 Å². The first kappa shape index (κ1) is 47.3. The molecule has 3 nitrogen and oxygen atoms in total. The first-order valence-electron chi connectivity index (χ1n) is 40.2. The van der Waals surface area contributed by atoms with Crippen LogP contribution in [0.5, 0.6) is 0 Å². The van der Waals surface area contributed by atoms with E-state index in [0.717, 1.165) is 86.4 Å². The quantitative estimate of drug-likeness (QED) is 0.112. The molecular formula is C109H26O3. The van der Waals surface area contributed by atoms with Gasteiger partial charge in [-0.1, -0.05) is 85.4 Å². The maximum atomic E-state index is 16.6. The fourth-order valence-corrected chi connectivity index (χ4v) is 32.4. The van der Waals surface area contributed by atoms with Gasteiger partial charge in [-0.2, -0.15) is 0 Å². The fourth-order valence-electron chi connectivity index (χ4n) is 32.4. The highest BCUT2D eigenvalue weighted by Crippen LogP contribution is 2.78. The van der Waals surface area contributed by atoms with Gasteiger partial charge in [-0.05, 0) is 406 Å². The third-order valence-corrected chi connectivity index (χ3v) is 34.8. The van der Waals surface area contributed by atoms with Gasteiger partial charge in [-0.3, -0.25) is 14.4 Å². The topological polar surface area (TPSA) is 51.2 Å². The Hall–Kier alpha value is -14.5. The zero-order valence-corrected chi connectivity index (χ0v) is 57.8. The maximum Gasteiger partial charge on any atom is 0.194 e. The summed E-state index contributed by atoms with van der Waals surface area (Å²) in [5.41, 5.74) is 12.8. The Bertz CT molecular complexity index is 12000. The molecule has 112 heavy (non-hydrogen) atoms. The van der Waals surface area contributed by atoms with Crippen molar-refractivity contribution in [3.8, 4) is 11.1 Å². The van der Waals surface area contributed by atoms with Crippen molar-refractivity contribution in [3.05, 3.63) is 204 Å². The van der Waals surface area contributed by atoms with Crippen LogP contribution in [-0.2, 0) is 0 Å². The van der Waals surface area contributed by atoms with E-state index in [1.807, 2.05) is 0 Å². The van der Waals surface area contributed by atoms with Crippen molar-refractivity contribution >= 4 is 393 Å². The Kier molecular flexibility index (Phi) is 5.27. The largest absolute Gasteiger partial charge is 0.289 e. The first-order valence-corrected chi connectivity index (χ1v) is 40.2. The van der Waals surface area contributed by atoms with Crippen LogP contribution in [0.3, 0.4) is 0 Å². The summed E-state index contributed by atoms with van der Waals surface area (Å²) in [6, 6.07) is 52.7. The van der Waals surface area contributed by atoms with Crippen LogP contribution in [-0.4, -0.2) is 0 Å².